The van der Waals surface area contributed by atoms with Crippen molar-refractivity contribution in [3.05, 3.63) is 59.4 Å². The molecule has 1 aromatic carbocycles. The number of nitrogens with zero attached hydrogens (tertiary/aromatic N) is 2. The zero-order valence-electron chi connectivity index (χ0n) is 15.5. The van der Waals surface area contributed by atoms with E-state index in [-0.39, 0.29) is 5.91 Å². The molecule has 3 heterocycles. The summed E-state index contributed by atoms with van der Waals surface area (Å²) in [4.78, 5) is 20.8. The Balaban J connectivity index is 1.14. The van der Waals surface area contributed by atoms with Gasteiger partial charge in [-0.3, -0.25) is 4.79 Å². The van der Waals surface area contributed by atoms with E-state index in [9.17, 15) is 4.79 Å². The zero-order chi connectivity index (χ0) is 19.2. The van der Waals surface area contributed by atoms with Crippen molar-refractivity contribution in [2.24, 2.45) is 0 Å². The third-order valence-electron chi connectivity index (χ3n) is 4.63. The molecule has 0 saturated heterocycles. The number of thiophene rings is 1. The van der Waals surface area contributed by atoms with Gasteiger partial charge in [0.25, 0.3) is 0 Å². The summed E-state index contributed by atoms with van der Waals surface area (Å²) in [6, 6.07) is 12.0. The average Bonchev–Trinajstić information content (AvgIpc) is 3.45. The first-order chi connectivity index (χ1) is 13.8. The molecule has 0 aliphatic carbocycles. The van der Waals surface area contributed by atoms with Gasteiger partial charge in [-0.05, 0) is 35.9 Å². The van der Waals surface area contributed by atoms with Crippen molar-refractivity contribution in [3.8, 4) is 10.7 Å². The highest BCUT2D eigenvalue weighted by Crippen LogP contribution is 2.21. The minimum atomic E-state index is 0.0576. The van der Waals surface area contributed by atoms with Crippen molar-refractivity contribution in [2.75, 3.05) is 6.54 Å². The number of aromatic amines is 1. The highest BCUT2D eigenvalue weighted by molar-refractivity contribution is 7.13. The normalized spacial score (nSPS) is 11.1. The Morgan fingerprint density at radius 2 is 2.07 bits per heavy atom. The number of fused-ring (bicyclic) bond motifs is 1. The maximum Gasteiger partial charge on any atom is 0.226 e. The molecule has 0 aliphatic heterocycles. The first kappa shape index (κ1) is 18.4. The van der Waals surface area contributed by atoms with E-state index in [1.54, 1.807) is 11.3 Å². The number of nitrogens with one attached hydrogen (secondary N) is 2. The van der Waals surface area contributed by atoms with E-state index in [0.29, 0.717) is 24.7 Å². The number of para-hydroxylation sites is 1. The Morgan fingerprint density at radius 3 is 2.96 bits per heavy atom. The number of H-pyrrole nitrogens is 1. The summed E-state index contributed by atoms with van der Waals surface area (Å²) in [6.45, 7) is 0.686. The van der Waals surface area contributed by atoms with E-state index < -0.39 is 0 Å². The summed E-state index contributed by atoms with van der Waals surface area (Å²) in [7, 11) is 0. The van der Waals surface area contributed by atoms with Gasteiger partial charge in [0, 0.05) is 30.1 Å². The Bertz CT molecular complexity index is 1040. The quantitative estimate of drug-likeness (QED) is 0.413. The molecule has 0 aliphatic rings. The summed E-state index contributed by atoms with van der Waals surface area (Å²) in [5.41, 5.74) is 2.10. The van der Waals surface area contributed by atoms with Crippen LogP contribution in [0.15, 0.2) is 52.5 Å². The van der Waals surface area contributed by atoms with Crippen molar-refractivity contribution in [3.63, 3.8) is 0 Å². The molecule has 0 bridgehead atoms. The van der Waals surface area contributed by atoms with Gasteiger partial charge in [-0.2, -0.15) is 4.98 Å². The second-order valence-corrected chi connectivity index (χ2v) is 7.63. The number of rotatable bonds is 9. The van der Waals surface area contributed by atoms with E-state index in [1.807, 2.05) is 48.0 Å². The predicted molar refractivity (Wildman–Crippen MR) is 110 cm³/mol. The van der Waals surface area contributed by atoms with Gasteiger partial charge in [0.05, 0.1) is 11.3 Å². The Kier molecular flexibility index (Phi) is 5.82. The molecule has 4 aromatic rings. The van der Waals surface area contributed by atoms with Crippen LogP contribution in [-0.2, 0) is 17.6 Å². The van der Waals surface area contributed by atoms with Gasteiger partial charge in [0.1, 0.15) is 0 Å². The second kappa shape index (κ2) is 8.84. The lowest BCUT2D eigenvalue weighted by Gasteiger charge is -2.04. The third-order valence-corrected chi connectivity index (χ3v) is 5.49. The molecule has 4 rings (SSSR count). The lowest BCUT2D eigenvalue weighted by molar-refractivity contribution is -0.120. The van der Waals surface area contributed by atoms with Gasteiger partial charge in [-0.15, -0.1) is 11.3 Å². The van der Waals surface area contributed by atoms with E-state index >= 15 is 0 Å². The first-order valence-corrected chi connectivity index (χ1v) is 10.4. The molecular weight excluding hydrogens is 372 g/mol. The minimum Gasteiger partial charge on any atom is -0.361 e. The molecule has 0 atom stereocenters. The number of benzene rings is 1. The molecule has 0 unspecified atom stereocenters. The van der Waals surface area contributed by atoms with Crippen LogP contribution in [0.2, 0.25) is 0 Å². The highest BCUT2D eigenvalue weighted by atomic mass is 32.1. The summed E-state index contributed by atoms with van der Waals surface area (Å²) >= 11 is 1.60. The number of aryl methyl sites for hydroxylation is 1. The van der Waals surface area contributed by atoms with Gasteiger partial charge in [-0.1, -0.05) is 35.8 Å². The fourth-order valence-corrected chi connectivity index (χ4v) is 3.83. The number of carbonyl (C=O) groups is 1. The number of amides is 1. The number of unbranched alkanes of at least 4 members (excludes halogenated alkanes) is 2. The summed E-state index contributed by atoms with van der Waals surface area (Å²) in [5, 5.41) is 10.1. The lowest BCUT2D eigenvalue weighted by Crippen LogP contribution is -2.26. The van der Waals surface area contributed by atoms with Gasteiger partial charge >= 0.3 is 0 Å². The molecule has 144 valence electrons. The molecule has 2 N–H and O–H groups in total. The second-order valence-electron chi connectivity index (χ2n) is 6.69. The van der Waals surface area contributed by atoms with E-state index in [2.05, 4.69) is 20.4 Å². The van der Waals surface area contributed by atoms with Crippen LogP contribution in [0.4, 0.5) is 0 Å². The number of carbonyl (C=O) groups excluding carboxylic acids is 1. The summed E-state index contributed by atoms with van der Waals surface area (Å²) in [5.74, 6) is 1.39. The van der Waals surface area contributed by atoms with Crippen LogP contribution in [0, 0.1) is 0 Å². The van der Waals surface area contributed by atoms with Crippen LogP contribution in [0.1, 0.15) is 30.7 Å². The van der Waals surface area contributed by atoms with Crippen molar-refractivity contribution in [1.82, 2.24) is 20.4 Å². The Morgan fingerprint density at radius 1 is 1.14 bits per heavy atom. The van der Waals surface area contributed by atoms with Gasteiger partial charge in [-0.25, -0.2) is 0 Å². The molecule has 6 nitrogen and oxygen atoms in total. The van der Waals surface area contributed by atoms with Gasteiger partial charge in [0.15, 0.2) is 0 Å². The smallest absolute Gasteiger partial charge is 0.226 e. The molecule has 0 fully saturated rings. The molecule has 0 saturated carbocycles. The highest BCUT2D eigenvalue weighted by Gasteiger charge is 2.10. The molecular formula is C21H22N4O2S. The standard InChI is InChI=1S/C21H22N4O2S/c26-19(13-15-14-23-17-8-4-3-7-16(15)17)22-11-5-1-2-10-20-24-21(25-27-20)18-9-6-12-28-18/h3-4,6-9,12,14,23H,1-2,5,10-11,13H2,(H,22,26). The van der Waals surface area contributed by atoms with E-state index in [4.69, 9.17) is 4.52 Å². The SMILES string of the molecule is O=C(Cc1c[nH]c2ccccc12)NCCCCCc1nc(-c2cccs2)no1. The van der Waals surface area contributed by atoms with Crippen LogP contribution >= 0.6 is 11.3 Å². The maximum atomic E-state index is 12.2. The van der Waals surface area contributed by atoms with Crippen molar-refractivity contribution < 1.29 is 9.32 Å². The molecule has 0 spiro atoms. The molecule has 28 heavy (non-hydrogen) atoms. The molecule has 7 heteroatoms. The van der Waals surface area contributed by atoms with Crippen LogP contribution in [0.3, 0.4) is 0 Å². The number of hydrogen-bond acceptors (Lipinski definition) is 5. The lowest BCUT2D eigenvalue weighted by atomic mass is 10.1. The predicted octanol–water partition coefficient (Wildman–Crippen LogP) is 4.35. The van der Waals surface area contributed by atoms with Crippen molar-refractivity contribution in [2.45, 2.75) is 32.1 Å². The number of hydrogen-bond donors (Lipinski definition) is 2. The van der Waals surface area contributed by atoms with Crippen molar-refractivity contribution in [1.29, 1.82) is 0 Å². The van der Waals surface area contributed by atoms with Crippen LogP contribution < -0.4 is 5.32 Å². The van der Waals surface area contributed by atoms with Crippen molar-refractivity contribution >= 4 is 28.1 Å². The van der Waals surface area contributed by atoms with E-state index in [0.717, 1.165) is 47.0 Å². The van der Waals surface area contributed by atoms with Crippen LogP contribution in [0.25, 0.3) is 21.6 Å². The fraction of sp³-hybridized carbons (Fsp3) is 0.286. The fourth-order valence-electron chi connectivity index (χ4n) is 3.18. The minimum absolute atomic E-state index is 0.0576. The number of aromatic nitrogens is 3. The van der Waals surface area contributed by atoms with Gasteiger partial charge < -0.3 is 14.8 Å². The van der Waals surface area contributed by atoms with Crippen LogP contribution in [0.5, 0.6) is 0 Å². The maximum absolute atomic E-state index is 12.2. The van der Waals surface area contributed by atoms with Crippen LogP contribution in [-0.4, -0.2) is 27.6 Å². The Labute approximate surface area is 167 Å². The molecule has 1 amide bonds. The average molecular weight is 394 g/mol. The summed E-state index contributed by atoms with van der Waals surface area (Å²) < 4.78 is 5.30. The first-order valence-electron chi connectivity index (χ1n) is 9.48. The molecule has 3 aromatic heterocycles. The summed E-state index contributed by atoms with van der Waals surface area (Å²) in [6.07, 6.45) is 5.98. The monoisotopic (exact) mass is 394 g/mol. The molecule has 0 radical (unpaired) electrons. The Hall–Kier alpha value is -2.93. The topological polar surface area (TPSA) is 83.8 Å². The van der Waals surface area contributed by atoms with Gasteiger partial charge in [0.2, 0.25) is 17.6 Å². The zero-order valence-corrected chi connectivity index (χ0v) is 16.3. The third kappa shape index (κ3) is 4.48. The van der Waals surface area contributed by atoms with E-state index in [1.165, 1.54) is 0 Å². The largest absolute Gasteiger partial charge is 0.361 e.